The molecule has 0 aromatic heterocycles. The van der Waals surface area contributed by atoms with Crippen molar-refractivity contribution in [3.05, 3.63) is 35.4 Å². The quantitative estimate of drug-likeness (QED) is 0.805. The van der Waals surface area contributed by atoms with E-state index < -0.39 is 35.6 Å². The zero-order chi connectivity index (χ0) is 17.9. The third-order valence-electron chi connectivity index (χ3n) is 4.08. The van der Waals surface area contributed by atoms with Crippen molar-refractivity contribution >= 4 is 11.9 Å². The van der Waals surface area contributed by atoms with Gasteiger partial charge in [0.25, 0.3) is 0 Å². The van der Waals surface area contributed by atoms with E-state index >= 15 is 0 Å². The first-order valence-corrected chi connectivity index (χ1v) is 7.44. The highest BCUT2D eigenvalue weighted by atomic mass is 19.4. The van der Waals surface area contributed by atoms with Gasteiger partial charge in [-0.3, -0.25) is 9.59 Å². The molecule has 0 unspecified atom stereocenters. The Morgan fingerprint density at radius 2 is 2.04 bits per heavy atom. The number of hydrogen-bond donors (Lipinski definition) is 1. The van der Waals surface area contributed by atoms with Crippen LogP contribution in [0.1, 0.15) is 30.0 Å². The number of nitrogens with zero attached hydrogens (tertiary/aromatic N) is 1. The Labute approximate surface area is 137 Å². The van der Waals surface area contributed by atoms with Crippen molar-refractivity contribution in [1.82, 2.24) is 4.90 Å². The second kappa shape index (κ2) is 7.21. The Hall–Kier alpha value is -2.09. The van der Waals surface area contributed by atoms with Gasteiger partial charge in [-0.1, -0.05) is 18.2 Å². The van der Waals surface area contributed by atoms with Gasteiger partial charge in [-0.2, -0.15) is 13.2 Å². The van der Waals surface area contributed by atoms with Gasteiger partial charge >= 0.3 is 12.1 Å². The summed E-state index contributed by atoms with van der Waals surface area (Å²) in [5, 5.41) is 9.36. The number of halogens is 3. The van der Waals surface area contributed by atoms with Crippen molar-refractivity contribution in [3.8, 4) is 0 Å². The van der Waals surface area contributed by atoms with E-state index in [9.17, 15) is 27.9 Å². The molecule has 1 aromatic carbocycles. The largest absolute Gasteiger partial charge is 0.481 e. The molecule has 0 saturated carbocycles. The van der Waals surface area contributed by atoms with Crippen molar-refractivity contribution < 1.29 is 32.6 Å². The monoisotopic (exact) mass is 345 g/mol. The summed E-state index contributed by atoms with van der Waals surface area (Å²) in [6, 6.07) is 3.67. The third-order valence-corrected chi connectivity index (χ3v) is 4.08. The van der Waals surface area contributed by atoms with Crippen LogP contribution in [0.2, 0.25) is 0 Å². The van der Waals surface area contributed by atoms with Crippen molar-refractivity contribution in [2.75, 3.05) is 20.3 Å². The number of amides is 1. The van der Waals surface area contributed by atoms with Gasteiger partial charge in [0.05, 0.1) is 17.5 Å². The van der Waals surface area contributed by atoms with Gasteiger partial charge in [0.1, 0.15) is 0 Å². The van der Waals surface area contributed by atoms with E-state index in [-0.39, 0.29) is 18.5 Å². The molecule has 2 atom stereocenters. The van der Waals surface area contributed by atoms with E-state index in [1.54, 1.807) is 0 Å². The minimum atomic E-state index is -4.62. The minimum Gasteiger partial charge on any atom is -0.481 e. The van der Waals surface area contributed by atoms with Crippen LogP contribution in [-0.4, -0.2) is 42.1 Å². The van der Waals surface area contributed by atoms with Gasteiger partial charge in [0.2, 0.25) is 5.91 Å². The highest BCUT2D eigenvalue weighted by molar-refractivity contribution is 5.87. The van der Waals surface area contributed by atoms with Crippen molar-refractivity contribution in [3.63, 3.8) is 0 Å². The zero-order valence-electron chi connectivity index (χ0n) is 13.0. The van der Waals surface area contributed by atoms with Crippen LogP contribution in [0.5, 0.6) is 0 Å². The standard InChI is InChI=1S/C16H18F3NO4/c1-24-8-4-7-20-13(21)9-11(15(22)23)14(20)10-5-2-3-6-12(10)16(17,18)19/h2-3,5-6,11,14H,4,7-9H2,1H3,(H,22,23)/t11-,14-/m0/s1. The Balaban J connectivity index is 2.45. The Kier molecular flexibility index (Phi) is 5.48. The van der Waals surface area contributed by atoms with Crippen LogP contribution in [0.25, 0.3) is 0 Å². The zero-order valence-corrected chi connectivity index (χ0v) is 13.0. The fourth-order valence-electron chi connectivity index (χ4n) is 3.05. The van der Waals surface area contributed by atoms with Crippen molar-refractivity contribution in [1.29, 1.82) is 0 Å². The van der Waals surface area contributed by atoms with E-state index in [0.717, 1.165) is 6.07 Å². The molecule has 8 heteroatoms. The Morgan fingerprint density at radius 1 is 1.38 bits per heavy atom. The summed E-state index contributed by atoms with van der Waals surface area (Å²) in [5.41, 5.74) is -1.09. The summed E-state index contributed by atoms with van der Waals surface area (Å²) in [6.45, 7) is 0.475. The first kappa shape index (κ1) is 18.3. The predicted octanol–water partition coefficient (Wildman–Crippen LogP) is 2.72. The number of carbonyl (C=O) groups is 2. The molecule has 1 N–H and O–H groups in total. The molecule has 1 aliphatic rings. The number of carbonyl (C=O) groups excluding carboxylic acids is 1. The van der Waals surface area contributed by atoms with E-state index in [4.69, 9.17) is 4.74 Å². The third kappa shape index (κ3) is 3.69. The fourth-order valence-corrected chi connectivity index (χ4v) is 3.05. The molecular weight excluding hydrogens is 327 g/mol. The summed E-state index contributed by atoms with van der Waals surface area (Å²) in [6.07, 6.45) is -4.51. The summed E-state index contributed by atoms with van der Waals surface area (Å²) < 4.78 is 44.8. The van der Waals surface area contributed by atoms with Crippen LogP contribution < -0.4 is 0 Å². The van der Waals surface area contributed by atoms with Crippen LogP contribution in [0.4, 0.5) is 13.2 Å². The Morgan fingerprint density at radius 3 is 2.62 bits per heavy atom. The molecule has 5 nitrogen and oxygen atoms in total. The summed E-state index contributed by atoms with van der Waals surface area (Å²) in [7, 11) is 1.47. The summed E-state index contributed by atoms with van der Waals surface area (Å²) in [4.78, 5) is 24.9. The maximum Gasteiger partial charge on any atom is 0.416 e. The smallest absolute Gasteiger partial charge is 0.416 e. The maximum atomic E-state index is 13.3. The SMILES string of the molecule is COCCCN1C(=O)C[C@H](C(=O)O)[C@@H]1c1ccccc1C(F)(F)F. The molecule has 1 saturated heterocycles. The highest BCUT2D eigenvalue weighted by Crippen LogP contribution is 2.43. The number of aliphatic carboxylic acids is 1. The van der Waals surface area contributed by atoms with Gasteiger partial charge in [-0.05, 0) is 18.1 Å². The lowest BCUT2D eigenvalue weighted by molar-refractivity contribution is -0.144. The topological polar surface area (TPSA) is 66.8 Å². The number of methoxy groups -OCH3 is 1. The van der Waals surface area contributed by atoms with Crippen LogP contribution in [0.3, 0.4) is 0 Å². The number of likely N-dealkylation sites (tertiary alicyclic amines) is 1. The molecule has 1 fully saturated rings. The lowest BCUT2D eigenvalue weighted by Crippen LogP contribution is -2.33. The van der Waals surface area contributed by atoms with E-state index in [1.807, 2.05) is 0 Å². The van der Waals surface area contributed by atoms with Crippen molar-refractivity contribution in [2.24, 2.45) is 5.92 Å². The van der Waals surface area contributed by atoms with Crippen LogP contribution in [0, 0.1) is 5.92 Å². The molecule has 2 rings (SSSR count). The molecule has 1 amide bonds. The van der Waals surface area contributed by atoms with Crippen LogP contribution in [-0.2, 0) is 20.5 Å². The predicted molar refractivity (Wildman–Crippen MR) is 78.1 cm³/mol. The molecule has 24 heavy (non-hydrogen) atoms. The first-order chi connectivity index (χ1) is 11.3. The fraction of sp³-hybridized carbons (Fsp3) is 0.500. The van der Waals surface area contributed by atoms with Gasteiger partial charge in [0.15, 0.2) is 0 Å². The highest BCUT2D eigenvalue weighted by Gasteiger charge is 2.47. The van der Waals surface area contributed by atoms with Gasteiger partial charge < -0.3 is 14.7 Å². The van der Waals surface area contributed by atoms with Gasteiger partial charge in [-0.15, -0.1) is 0 Å². The number of alkyl halides is 3. The molecule has 1 heterocycles. The second-order valence-corrected chi connectivity index (χ2v) is 5.61. The Bertz CT molecular complexity index is 618. The van der Waals surface area contributed by atoms with Crippen molar-refractivity contribution in [2.45, 2.75) is 25.1 Å². The number of rotatable bonds is 6. The number of carboxylic acids is 1. The maximum absolute atomic E-state index is 13.3. The van der Waals surface area contributed by atoms with Gasteiger partial charge in [0, 0.05) is 26.7 Å². The molecule has 1 aliphatic heterocycles. The van der Waals surface area contributed by atoms with Crippen LogP contribution >= 0.6 is 0 Å². The van der Waals surface area contributed by atoms with E-state index in [1.165, 1.54) is 30.2 Å². The summed E-state index contributed by atoms with van der Waals surface area (Å²) >= 11 is 0. The van der Waals surface area contributed by atoms with Crippen LogP contribution in [0.15, 0.2) is 24.3 Å². The lowest BCUT2D eigenvalue weighted by atomic mass is 9.90. The molecule has 0 radical (unpaired) electrons. The molecule has 1 aromatic rings. The van der Waals surface area contributed by atoms with E-state index in [0.29, 0.717) is 13.0 Å². The summed E-state index contributed by atoms with van der Waals surface area (Å²) in [5.74, 6) is -2.94. The number of benzene rings is 1. The van der Waals surface area contributed by atoms with Gasteiger partial charge in [-0.25, -0.2) is 0 Å². The van der Waals surface area contributed by atoms with E-state index in [2.05, 4.69) is 0 Å². The second-order valence-electron chi connectivity index (χ2n) is 5.61. The average Bonchev–Trinajstić information content (AvgIpc) is 2.84. The molecule has 0 aliphatic carbocycles. The normalized spacial score (nSPS) is 21.3. The first-order valence-electron chi connectivity index (χ1n) is 7.44. The average molecular weight is 345 g/mol. The number of hydrogen-bond acceptors (Lipinski definition) is 3. The molecule has 0 spiro atoms. The lowest BCUT2D eigenvalue weighted by Gasteiger charge is -2.29. The number of carboxylic acid groups (broad SMARTS) is 1. The number of ether oxygens (including phenoxy) is 1. The minimum absolute atomic E-state index is 0.146. The molecular formula is C16H18F3NO4. The molecule has 0 bridgehead atoms. The molecule has 132 valence electrons.